The van der Waals surface area contributed by atoms with Gasteiger partial charge in [-0.2, -0.15) is 0 Å². The van der Waals surface area contributed by atoms with E-state index in [0.29, 0.717) is 10.7 Å². The minimum absolute atomic E-state index is 0.197. The molecule has 2 amide bonds. The molecule has 3 heterocycles. The molecule has 0 atom stereocenters. The van der Waals surface area contributed by atoms with Crippen molar-refractivity contribution < 1.29 is 9.59 Å². The summed E-state index contributed by atoms with van der Waals surface area (Å²) in [5.41, 5.74) is 0.533. The summed E-state index contributed by atoms with van der Waals surface area (Å²) in [6, 6.07) is 3.23. The number of hydrogen-bond acceptors (Lipinski definition) is 5. The van der Waals surface area contributed by atoms with Crippen molar-refractivity contribution in [1.29, 1.82) is 0 Å². The Balaban J connectivity index is 2.15. The lowest BCUT2D eigenvalue weighted by Gasteiger charge is -2.07. The van der Waals surface area contributed by atoms with Crippen LogP contribution in [0, 0.1) is 0 Å². The zero-order valence-electron chi connectivity index (χ0n) is 7.95. The molecule has 16 heavy (non-hydrogen) atoms. The fourth-order valence-corrected chi connectivity index (χ4v) is 2.20. The third kappa shape index (κ3) is 1.10. The Morgan fingerprint density at radius 2 is 2.00 bits per heavy atom. The Kier molecular flexibility index (Phi) is 1.84. The van der Waals surface area contributed by atoms with Crippen molar-refractivity contribution in [2.45, 2.75) is 0 Å². The van der Waals surface area contributed by atoms with E-state index < -0.39 is 5.91 Å². The molecule has 5 nitrogen and oxygen atoms in total. The lowest BCUT2D eigenvalue weighted by Crippen LogP contribution is -2.29. The Morgan fingerprint density at radius 1 is 1.12 bits per heavy atom. The molecule has 2 aromatic rings. The van der Waals surface area contributed by atoms with Gasteiger partial charge in [-0.25, -0.2) is 9.88 Å². The van der Waals surface area contributed by atoms with E-state index in [1.807, 2.05) is 0 Å². The predicted octanol–water partition coefficient (Wildman–Crippen LogP) is 1.34. The van der Waals surface area contributed by atoms with E-state index in [0.717, 1.165) is 4.90 Å². The number of thiazole rings is 1. The number of imide groups is 1. The molecule has 0 fully saturated rings. The Labute approximate surface area is 94.4 Å². The van der Waals surface area contributed by atoms with E-state index in [9.17, 15) is 9.59 Å². The molecule has 0 saturated heterocycles. The van der Waals surface area contributed by atoms with E-state index >= 15 is 0 Å². The van der Waals surface area contributed by atoms with Gasteiger partial charge < -0.3 is 0 Å². The van der Waals surface area contributed by atoms with E-state index in [-0.39, 0.29) is 11.6 Å². The number of rotatable bonds is 1. The molecule has 3 rings (SSSR count). The fraction of sp³-hybridized carbons (Fsp3) is 0. The highest BCUT2D eigenvalue weighted by molar-refractivity contribution is 7.14. The largest absolute Gasteiger partial charge is 0.286 e. The summed E-state index contributed by atoms with van der Waals surface area (Å²) in [5.74, 6) is -0.765. The van der Waals surface area contributed by atoms with Crippen LogP contribution in [0.2, 0.25) is 0 Å². The maximum absolute atomic E-state index is 11.9. The first-order valence-corrected chi connectivity index (χ1v) is 5.40. The highest BCUT2D eigenvalue weighted by Gasteiger charge is 2.38. The molecule has 2 aromatic heterocycles. The zero-order chi connectivity index (χ0) is 11.1. The number of anilines is 1. The van der Waals surface area contributed by atoms with Gasteiger partial charge >= 0.3 is 0 Å². The van der Waals surface area contributed by atoms with Gasteiger partial charge in [0.25, 0.3) is 11.8 Å². The van der Waals surface area contributed by atoms with Crippen LogP contribution in [0.4, 0.5) is 5.13 Å². The lowest BCUT2D eigenvalue weighted by atomic mass is 10.2. The Hall–Kier alpha value is -2.08. The highest BCUT2D eigenvalue weighted by atomic mass is 32.1. The summed E-state index contributed by atoms with van der Waals surface area (Å²) < 4.78 is 0. The van der Waals surface area contributed by atoms with E-state index in [1.54, 1.807) is 23.7 Å². The van der Waals surface area contributed by atoms with Crippen molar-refractivity contribution in [2.24, 2.45) is 0 Å². The molecule has 1 aliphatic rings. The minimum atomic E-state index is -0.407. The SMILES string of the molecule is O=C1c2cccnc2C(=O)N1c1nccs1. The molecule has 0 aromatic carbocycles. The molecule has 0 unspecified atom stereocenters. The monoisotopic (exact) mass is 231 g/mol. The zero-order valence-corrected chi connectivity index (χ0v) is 8.77. The number of nitrogens with zero attached hydrogens (tertiary/aromatic N) is 3. The van der Waals surface area contributed by atoms with Gasteiger partial charge in [0, 0.05) is 17.8 Å². The molecule has 78 valence electrons. The van der Waals surface area contributed by atoms with Crippen LogP contribution in [0.1, 0.15) is 20.8 Å². The van der Waals surface area contributed by atoms with Crippen LogP contribution in [0.25, 0.3) is 0 Å². The van der Waals surface area contributed by atoms with Gasteiger partial charge in [0.2, 0.25) is 0 Å². The number of carbonyl (C=O) groups excluding carboxylic acids is 2. The van der Waals surface area contributed by atoms with Gasteiger partial charge in [-0.3, -0.25) is 14.6 Å². The molecular weight excluding hydrogens is 226 g/mol. The molecule has 0 aliphatic carbocycles. The molecule has 0 saturated carbocycles. The Bertz CT molecular complexity index is 545. The molecule has 0 spiro atoms. The summed E-state index contributed by atoms with van der Waals surface area (Å²) in [7, 11) is 0. The fourth-order valence-electron chi connectivity index (χ4n) is 1.57. The van der Waals surface area contributed by atoms with Crippen molar-refractivity contribution in [3.63, 3.8) is 0 Å². The number of amides is 2. The second kappa shape index (κ2) is 3.21. The predicted molar refractivity (Wildman–Crippen MR) is 57.5 cm³/mol. The van der Waals surface area contributed by atoms with Gasteiger partial charge in [0.05, 0.1) is 5.56 Å². The van der Waals surface area contributed by atoms with Crippen molar-refractivity contribution in [3.8, 4) is 0 Å². The number of hydrogen-bond donors (Lipinski definition) is 0. The summed E-state index contributed by atoms with van der Waals surface area (Å²) in [4.78, 5) is 32.8. The average Bonchev–Trinajstić information content (AvgIpc) is 2.89. The van der Waals surface area contributed by atoms with Gasteiger partial charge in [-0.1, -0.05) is 0 Å². The van der Waals surface area contributed by atoms with Crippen LogP contribution in [-0.2, 0) is 0 Å². The maximum atomic E-state index is 11.9. The first-order chi connectivity index (χ1) is 7.79. The number of pyridine rings is 1. The van der Waals surface area contributed by atoms with Crippen molar-refractivity contribution >= 4 is 28.3 Å². The first kappa shape index (κ1) is 9.17. The van der Waals surface area contributed by atoms with Gasteiger partial charge in [0.15, 0.2) is 5.13 Å². The van der Waals surface area contributed by atoms with Crippen LogP contribution in [0.15, 0.2) is 29.9 Å². The van der Waals surface area contributed by atoms with E-state index in [2.05, 4.69) is 9.97 Å². The van der Waals surface area contributed by atoms with Crippen LogP contribution in [0.3, 0.4) is 0 Å². The minimum Gasteiger partial charge on any atom is -0.268 e. The molecule has 0 N–H and O–H groups in total. The second-order valence-corrected chi connectivity index (χ2v) is 4.03. The Morgan fingerprint density at radius 3 is 2.69 bits per heavy atom. The van der Waals surface area contributed by atoms with Gasteiger partial charge in [-0.05, 0) is 12.1 Å². The van der Waals surface area contributed by atoms with E-state index in [4.69, 9.17) is 0 Å². The molecular formula is C10H5N3O2S. The van der Waals surface area contributed by atoms with Crippen LogP contribution in [0.5, 0.6) is 0 Å². The lowest BCUT2D eigenvalue weighted by molar-refractivity contribution is 0.0924. The van der Waals surface area contributed by atoms with Crippen LogP contribution in [-0.4, -0.2) is 21.8 Å². The van der Waals surface area contributed by atoms with Crippen LogP contribution >= 0.6 is 11.3 Å². The van der Waals surface area contributed by atoms with Gasteiger partial charge in [0.1, 0.15) is 5.69 Å². The number of carbonyl (C=O) groups is 2. The molecule has 0 radical (unpaired) electrons. The highest BCUT2D eigenvalue weighted by Crippen LogP contribution is 2.27. The second-order valence-electron chi connectivity index (χ2n) is 3.16. The number of aromatic nitrogens is 2. The smallest absolute Gasteiger partial charge is 0.268 e. The van der Waals surface area contributed by atoms with Crippen LogP contribution < -0.4 is 4.90 Å². The third-order valence-corrected chi connectivity index (χ3v) is 3.01. The van der Waals surface area contributed by atoms with Gasteiger partial charge in [-0.15, -0.1) is 11.3 Å². The standard InChI is InChI=1S/C10H5N3O2S/c14-8-6-2-1-3-11-7(6)9(15)13(8)10-12-4-5-16-10/h1-5H. The van der Waals surface area contributed by atoms with Crippen molar-refractivity contribution in [2.75, 3.05) is 4.90 Å². The average molecular weight is 231 g/mol. The quantitative estimate of drug-likeness (QED) is 0.695. The maximum Gasteiger partial charge on any atom is 0.286 e. The van der Waals surface area contributed by atoms with E-state index in [1.165, 1.54) is 17.5 Å². The summed E-state index contributed by atoms with van der Waals surface area (Å²) >= 11 is 1.24. The third-order valence-electron chi connectivity index (χ3n) is 2.26. The number of fused-ring (bicyclic) bond motifs is 1. The van der Waals surface area contributed by atoms with Crippen molar-refractivity contribution in [1.82, 2.24) is 9.97 Å². The summed E-state index contributed by atoms with van der Waals surface area (Å²) in [6.45, 7) is 0. The molecule has 0 bridgehead atoms. The molecule has 6 heteroatoms. The normalized spacial score (nSPS) is 14.4. The first-order valence-electron chi connectivity index (χ1n) is 4.52. The molecule has 1 aliphatic heterocycles. The summed E-state index contributed by atoms with van der Waals surface area (Å²) in [5, 5.41) is 2.10. The van der Waals surface area contributed by atoms with Crippen molar-refractivity contribution in [3.05, 3.63) is 41.2 Å². The topological polar surface area (TPSA) is 63.2 Å². The summed E-state index contributed by atoms with van der Waals surface area (Å²) in [6.07, 6.45) is 3.05.